The monoisotopic (exact) mass is 354 g/mol. The number of hydrogen-bond donors (Lipinski definition) is 0. The predicted molar refractivity (Wildman–Crippen MR) is 97.8 cm³/mol. The Morgan fingerprint density at radius 1 is 1.31 bits per heavy atom. The van der Waals surface area contributed by atoms with Gasteiger partial charge in [-0.25, -0.2) is 4.98 Å². The third kappa shape index (κ3) is 4.19. The largest absolute Gasteiger partial charge is 0.477 e. The quantitative estimate of drug-likeness (QED) is 0.795. The molecule has 2 fully saturated rings. The van der Waals surface area contributed by atoms with Crippen molar-refractivity contribution in [2.75, 3.05) is 26.3 Å². The van der Waals surface area contributed by atoms with Crippen molar-refractivity contribution in [3.8, 4) is 5.88 Å². The molecular formula is C20H26N4O2. The summed E-state index contributed by atoms with van der Waals surface area (Å²) in [5.74, 6) is 1.27. The van der Waals surface area contributed by atoms with Gasteiger partial charge in [0.05, 0.1) is 29.8 Å². The third-order valence-corrected chi connectivity index (χ3v) is 5.24. The first-order valence-electron chi connectivity index (χ1n) is 9.38. The minimum atomic E-state index is 0.0425. The second-order valence-electron chi connectivity index (χ2n) is 7.49. The smallest absolute Gasteiger partial charge is 0.232 e. The summed E-state index contributed by atoms with van der Waals surface area (Å²) in [5.41, 5.74) is 2.05. The first-order valence-corrected chi connectivity index (χ1v) is 9.38. The normalized spacial score (nSPS) is 22.1. The van der Waals surface area contributed by atoms with E-state index in [1.54, 1.807) is 12.4 Å². The van der Waals surface area contributed by atoms with E-state index in [4.69, 9.17) is 9.47 Å². The van der Waals surface area contributed by atoms with Crippen molar-refractivity contribution in [1.29, 1.82) is 0 Å². The lowest BCUT2D eigenvalue weighted by Gasteiger charge is -2.53. The molecular weight excluding hydrogens is 328 g/mol. The molecule has 2 aromatic rings. The summed E-state index contributed by atoms with van der Waals surface area (Å²) in [7, 11) is 0. The maximum Gasteiger partial charge on any atom is 0.232 e. The van der Waals surface area contributed by atoms with E-state index in [-0.39, 0.29) is 5.60 Å². The van der Waals surface area contributed by atoms with E-state index in [1.165, 1.54) is 0 Å². The maximum absolute atomic E-state index is 6.15. The molecule has 6 nitrogen and oxygen atoms in total. The van der Waals surface area contributed by atoms with Crippen LogP contribution in [-0.2, 0) is 11.3 Å². The molecule has 4 heterocycles. The van der Waals surface area contributed by atoms with Crippen LogP contribution in [0.25, 0.3) is 0 Å². The van der Waals surface area contributed by atoms with Gasteiger partial charge in [-0.15, -0.1) is 0 Å². The number of rotatable bonds is 6. The zero-order valence-corrected chi connectivity index (χ0v) is 15.3. The van der Waals surface area contributed by atoms with E-state index in [0.29, 0.717) is 18.4 Å². The SMILES string of the molecule is Cc1cncc(OCCC2CCOC3(C2)CN(Cc2ccccn2)C3)n1. The minimum absolute atomic E-state index is 0.0425. The van der Waals surface area contributed by atoms with Gasteiger partial charge in [0.1, 0.15) is 0 Å². The minimum Gasteiger partial charge on any atom is -0.477 e. The van der Waals surface area contributed by atoms with Gasteiger partial charge in [-0.05, 0) is 44.2 Å². The molecule has 2 saturated heterocycles. The fraction of sp³-hybridized carbons (Fsp3) is 0.550. The van der Waals surface area contributed by atoms with Crippen LogP contribution in [0.4, 0.5) is 0 Å². The summed E-state index contributed by atoms with van der Waals surface area (Å²) in [4.78, 5) is 15.3. The molecule has 138 valence electrons. The highest BCUT2D eigenvalue weighted by molar-refractivity contribution is 5.08. The van der Waals surface area contributed by atoms with Gasteiger partial charge in [-0.1, -0.05) is 6.07 Å². The van der Waals surface area contributed by atoms with Crippen LogP contribution in [0.2, 0.25) is 0 Å². The van der Waals surface area contributed by atoms with Crippen molar-refractivity contribution in [1.82, 2.24) is 19.9 Å². The van der Waals surface area contributed by atoms with Crippen molar-refractivity contribution in [3.05, 3.63) is 48.2 Å². The van der Waals surface area contributed by atoms with E-state index < -0.39 is 0 Å². The van der Waals surface area contributed by atoms with E-state index >= 15 is 0 Å². The Balaban J connectivity index is 1.22. The zero-order chi connectivity index (χ0) is 17.8. The van der Waals surface area contributed by atoms with Crippen LogP contribution in [0.15, 0.2) is 36.8 Å². The number of pyridine rings is 1. The average Bonchev–Trinajstić information content (AvgIpc) is 2.62. The molecule has 1 spiro atoms. The summed E-state index contributed by atoms with van der Waals surface area (Å²) in [6.07, 6.45) is 8.55. The van der Waals surface area contributed by atoms with Crippen LogP contribution in [0.3, 0.4) is 0 Å². The molecule has 26 heavy (non-hydrogen) atoms. The lowest BCUT2D eigenvalue weighted by molar-refractivity contribution is -0.182. The molecule has 2 aromatic heterocycles. The second kappa shape index (κ2) is 7.68. The van der Waals surface area contributed by atoms with Crippen molar-refractivity contribution < 1.29 is 9.47 Å². The van der Waals surface area contributed by atoms with Crippen molar-refractivity contribution in [3.63, 3.8) is 0 Å². The summed E-state index contributed by atoms with van der Waals surface area (Å²) in [5, 5.41) is 0. The van der Waals surface area contributed by atoms with Crippen LogP contribution in [0, 0.1) is 12.8 Å². The Morgan fingerprint density at radius 3 is 3.04 bits per heavy atom. The fourth-order valence-electron chi connectivity index (χ4n) is 4.04. The van der Waals surface area contributed by atoms with Crippen LogP contribution in [0.5, 0.6) is 5.88 Å². The number of likely N-dealkylation sites (tertiary alicyclic amines) is 1. The molecule has 0 amide bonds. The van der Waals surface area contributed by atoms with Gasteiger partial charge in [0.15, 0.2) is 0 Å². The molecule has 6 heteroatoms. The van der Waals surface area contributed by atoms with Crippen LogP contribution < -0.4 is 4.74 Å². The highest BCUT2D eigenvalue weighted by Gasteiger charge is 2.47. The van der Waals surface area contributed by atoms with E-state index in [0.717, 1.165) is 56.9 Å². The predicted octanol–water partition coefficient (Wildman–Crippen LogP) is 2.63. The summed E-state index contributed by atoms with van der Waals surface area (Å²) in [6.45, 7) is 6.39. The van der Waals surface area contributed by atoms with E-state index in [9.17, 15) is 0 Å². The van der Waals surface area contributed by atoms with Gasteiger partial charge in [-0.3, -0.25) is 14.9 Å². The first kappa shape index (κ1) is 17.4. The molecule has 0 aromatic carbocycles. The van der Waals surface area contributed by atoms with Gasteiger partial charge in [-0.2, -0.15) is 0 Å². The highest BCUT2D eigenvalue weighted by Crippen LogP contribution is 2.38. The second-order valence-corrected chi connectivity index (χ2v) is 7.49. The number of aryl methyl sites for hydroxylation is 1. The van der Waals surface area contributed by atoms with Gasteiger partial charge < -0.3 is 9.47 Å². The van der Waals surface area contributed by atoms with Crippen molar-refractivity contribution in [2.45, 2.75) is 38.3 Å². The van der Waals surface area contributed by atoms with Crippen molar-refractivity contribution in [2.24, 2.45) is 5.92 Å². The standard InChI is InChI=1S/C20H26N4O2/c1-16-11-21-12-19(23-16)25-8-5-17-6-9-26-20(10-17)14-24(15-20)13-18-4-2-3-7-22-18/h2-4,7,11-12,17H,5-6,8-10,13-15H2,1H3. The van der Waals surface area contributed by atoms with Crippen LogP contribution >= 0.6 is 0 Å². The Hall–Kier alpha value is -2.05. The molecule has 1 unspecified atom stereocenters. The number of ether oxygens (including phenoxy) is 2. The molecule has 0 bridgehead atoms. The van der Waals surface area contributed by atoms with Crippen LogP contribution in [0.1, 0.15) is 30.7 Å². The summed E-state index contributed by atoms with van der Waals surface area (Å²) < 4.78 is 11.9. The molecule has 0 radical (unpaired) electrons. The first-order chi connectivity index (χ1) is 12.7. The lowest BCUT2D eigenvalue weighted by Crippen LogP contribution is -2.64. The highest BCUT2D eigenvalue weighted by atomic mass is 16.5. The molecule has 0 N–H and O–H groups in total. The number of nitrogens with zero attached hydrogens (tertiary/aromatic N) is 4. The maximum atomic E-state index is 6.15. The van der Waals surface area contributed by atoms with Crippen LogP contribution in [-0.4, -0.2) is 51.8 Å². The zero-order valence-electron chi connectivity index (χ0n) is 15.3. The molecule has 0 aliphatic carbocycles. The topological polar surface area (TPSA) is 60.4 Å². The van der Waals surface area contributed by atoms with Gasteiger partial charge in [0.2, 0.25) is 5.88 Å². The average molecular weight is 354 g/mol. The molecule has 0 saturated carbocycles. The van der Waals surface area contributed by atoms with Gasteiger partial charge >= 0.3 is 0 Å². The van der Waals surface area contributed by atoms with Gasteiger partial charge in [0, 0.05) is 38.6 Å². The Kier molecular flexibility index (Phi) is 5.13. The Morgan fingerprint density at radius 2 is 2.23 bits per heavy atom. The molecule has 1 atom stereocenters. The van der Waals surface area contributed by atoms with E-state index in [1.807, 2.05) is 25.3 Å². The Bertz CT molecular complexity index is 719. The molecule has 2 aliphatic rings. The third-order valence-electron chi connectivity index (χ3n) is 5.24. The fourth-order valence-corrected chi connectivity index (χ4v) is 4.04. The summed E-state index contributed by atoms with van der Waals surface area (Å²) in [6, 6.07) is 6.09. The number of aromatic nitrogens is 3. The van der Waals surface area contributed by atoms with Gasteiger partial charge in [0.25, 0.3) is 0 Å². The summed E-state index contributed by atoms with van der Waals surface area (Å²) >= 11 is 0. The van der Waals surface area contributed by atoms with E-state index in [2.05, 4.69) is 25.9 Å². The number of hydrogen-bond acceptors (Lipinski definition) is 6. The van der Waals surface area contributed by atoms with Crippen molar-refractivity contribution >= 4 is 0 Å². The Labute approximate surface area is 154 Å². The molecule has 4 rings (SSSR count). The lowest BCUT2D eigenvalue weighted by atomic mass is 9.79. The molecule has 2 aliphatic heterocycles.